The van der Waals surface area contributed by atoms with Crippen LogP contribution in [0.2, 0.25) is 16.6 Å². The Labute approximate surface area is 153 Å². The topological polar surface area (TPSA) is 12.5 Å². The lowest BCUT2D eigenvalue weighted by atomic mass is 10.2. The highest BCUT2D eigenvalue weighted by atomic mass is 28.3. The molecule has 1 fully saturated rings. The summed E-state index contributed by atoms with van der Waals surface area (Å²) in [6.07, 6.45) is 0. The summed E-state index contributed by atoms with van der Waals surface area (Å²) in [6.45, 7) is 16.6. The summed E-state index contributed by atoms with van der Waals surface area (Å²) in [5.41, 5.74) is 7.08. The van der Waals surface area contributed by atoms with Crippen molar-refractivity contribution < 1.29 is 9.13 Å². The summed E-state index contributed by atoms with van der Waals surface area (Å²) in [7, 11) is -1.77. The second-order valence-corrected chi connectivity index (χ2v) is 13.5. The predicted octanol–water partition coefficient (Wildman–Crippen LogP) is 5.23. The predicted molar refractivity (Wildman–Crippen MR) is 107 cm³/mol. The van der Waals surface area contributed by atoms with Crippen LogP contribution in [0, 0.1) is 17.3 Å². The van der Waals surface area contributed by atoms with Crippen LogP contribution in [-0.4, -0.2) is 34.4 Å². The van der Waals surface area contributed by atoms with Gasteiger partial charge in [0.1, 0.15) is 13.9 Å². The third kappa shape index (κ3) is 4.27. The molecule has 2 rings (SSSR count). The number of nitrogens with zero attached hydrogens (tertiary/aromatic N) is 1. The smallest absolute Gasteiger partial charge is 0.146 e. The molecule has 0 spiro atoms. The number of hydrogen-bond acceptors (Lipinski definition) is 2. The highest BCUT2D eigenvalue weighted by Crippen LogP contribution is 2.40. The van der Waals surface area contributed by atoms with E-state index in [0.29, 0.717) is 35.5 Å². The third-order valence-corrected chi connectivity index (χ3v) is 11.9. The molecule has 1 saturated heterocycles. The molecule has 0 atom stereocenters. The quantitative estimate of drug-likeness (QED) is 0.538. The molecule has 0 unspecified atom stereocenters. The minimum absolute atomic E-state index is 0.174. The number of anilines is 1. The van der Waals surface area contributed by atoms with Crippen LogP contribution >= 0.6 is 0 Å². The fourth-order valence-corrected chi connectivity index (χ4v) is 9.48. The lowest BCUT2D eigenvalue weighted by molar-refractivity contribution is 0.122. The third-order valence-electron chi connectivity index (χ3n) is 5.59. The molecule has 0 bridgehead atoms. The first-order valence-corrected chi connectivity index (χ1v) is 11.7. The molecule has 2 nitrogen and oxygen atoms in total. The molecule has 1 aromatic carbocycles. The molecule has 4 heteroatoms. The summed E-state index contributed by atoms with van der Waals surface area (Å²) in [5.74, 6) is 3.25. The molecule has 1 aliphatic rings. The standard InChI is InChI=1S/C21H32FNOSi/c1-16(2)25(17(3)4,18(5)6)14-9-19-7-8-20(22)21(15-19)23-10-12-24-13-11-23/h7-8,15-18H,10-13H2,1-6H3. The zero-order chi connectivity index (χ0) is 18.6. The van der Waals surface area contributed by atoms with E-state index in [9.17, 15) is 4.39 Å². The van der Waals surface area contributed by atoms with E-state index in [2.05, 4.69) is 57.9 Å². The second kappa shape index (κ2) is 8.38. The number of benzene rings is 1. The minimum atomic E-state index is -1.77. The van der Waals surface area contributed by atoms with E-state index in [4.69, 9.17) is 4.74 Å². The van der Waals surface area contributed by atoms with Crippen molar-refractivity contribution >= 4 is 13.8 Å². The molecule has 0 amide bonds. The number of ether oxygens (including phenoxy) is 1. The summed E-state index contributed by atoms with van der Waals surface area (Å²) in [4.78, 5) is 2.06. The van der Waals surface area contributed by atoms with Crippen LogP contribution in [0.25, 0.3) is 0 Å². The zero-order valence-corrected chi connectivity index (χ0v) is 17.5. The monoisotopic (exact) mass is 361 g/mol. The fourth-order valence-electron chi connectivity index (χ4n) is 4.25. The largest absolute Gasteiger partial charge is 0.378 e. The van der Waals surface area contributed by atoms with Gasteiger partial charge in [-0.1, -0.05) is 47.5 Å². The SMILES string of the molecule is CC(C)[Si](C#Cc1ccc(F)c(N2CCOCC2)c1)(C(C)C)C(C)C. The second-order valence-electron chi connectivity index (χ2n) is 7.91. The Kier molecular flexibility index (Phi) is 6.70. The van der Waals surface area contributed by atoms with E-state index in [1.807, 2.05) is 12.1 Å². The maximum Gasteiger partial charge on any atom is 0.146 e. The van der Waals surface area contributed by atoms with Crippen LogP contribution in [0.1, 0.15) is 47.1 Å². The van der Waals surface area contributed by atoms with Crippen molar-refractivity contribution in [3.8, 4) is 11.5 Å². The Hall–Kier alpha value is -1.31. The van der Waals surface area contributed by atoms with Gasteiger partial charge in [-0.05, 0) is 34.8 Å². The molecular weight excluding hydrogens is 329 g/mol. The Morgan fingerprint density at radius 3 is 2.08 bits per heavy atom. The maximum absolute atomic E-state index is 14.3. The molecule has 25 heavy (non-hydrogen) atoms. The van der Waals surface area contributed by atoms with Gasteiger partial charge in [0.25, 0.3) is 0 Å². The highest BCUT2D eigenvalue weighted by Gasteiger charge is 2.41. The highest BCUT2D eigenvalue weighted by molar-refractivity contribution is 6.90. The van der Waals surface area contributed by atoms with E-state index in [1.165, 1.54) is 0 Å². The van der Waals surface area contributed by atoms with Gasteiger partial charge >= 0.3 is 0 Å². The molecule has 0 aliphatic carbocycles. The van der Waals surface area contributed by atoms with Crippen molar-refractivity contribution in [3.63, 3.8) is 0 Å². The molecule has 1 aliphatic heterocycles. The van der Waals surface area contributed by atoms with E-state index in [-0.39, 0.29) is 5.82 Å². The van der Waals surface area contributed by atoms with Gasteiger partial charge in [-0.2, -0.15) is 0 Å². The molecular formula is C21H32FNOSi. The van der Waals surface area contributed by atoms with Crippen molar-refractivity contribution in [2.75, 3.05) is 31.2 Å². The first kappa shape index (κ1) is 20.0. The van der Waals surface area contributed by atoms with Crippen LogP contribution in [0.3, 0.4) is 0 Å². The average Bonchev–Trinajstić information content (AvgIpc) is 2.56. The number of halogens is 1. The Morgan fingerprint density at radius 1 is 1.00 bits per heavy atom. The zero-order valence-electron chi connectivity index (χ0n) is 16.5. The van der Waals surface area contributed by atoms with Gasteiger partial charge in [-0.3, -0.25) is 0 Å². The molecule has 0 N–H and O–H groups in total. The average molecular weight is 362 g/mol. The Balaban J connectivity index is 2.38. The van der Waals surface area contributed by atoms with Crippen LogP contribution in [-0.2, 0) is 4.74 Å². The summed E-state index contributed by atoms with van der Waals surface area (Å²) in [5, 5.41) is 0. The number of morpholine rings is 1. The van der Waals surface area contributed by atoms with Gasteiger partial charge in [0, 0.05) is 18.7 Å². The lowest BCUT2D eigenvalue weighted by Gasteiger charge is -2.38. The van der Waals surface area contributed by atoms with Crippen LogP contribution in [0.5, 0.6) is 0 Å². The first-order chi connectivity index (χ1) is 11.8. The van der Waals surface area contributed by atoms with Gasteiger partial charge in [0.15, 0.2) is 0 Å². The van der Waals surface area contributed by atoms with E-state index in [1.54, 1.807) is 6.07 Å². The van der Waals surface area contributed by atoms with Crippen LogP contribution < -0.4 is 4.90 Å². The molecule has 1 heterocycles. The van der Waals surface area contributed by atoms with Crippen LogP contribution in [0.4, 0.5) is 10.1 Å². The van der Waals surface area contributed by atoms with E-state index >= 15 is 0 Å². The number of hydrogen-bond donors (Lipinski definition) is 0. The van der Waals surface area contributed by atoms with Gasteiger partial charge in [-0.25, -0.2) is 4.39 Å². The molecule has 1 aromatic rings. The van der Waals surface area contributed by atoms with Crippen molar-refractivity contribution in [2.45, 2.75) is 58.2 Å². The van der Waals surface area contributed by atoms with Crippen molar-refractivity contribution in [1.29, 1.82) is 0 Å². The molecule has 0 saturated carbocycles. The van der Waals surface area contributed by atoms with Gasteiger partial charge in [-0.15, -0.1) is 5.54 Å². The fraction of sp³-hybridized carbons (Fsp3) is 0.619. The summed E-state index contributed by atoms with van der Waals surface area (Å²) in [6, 6.07) is 5.28. The lowest BCUT2D eigenvalue weighted by Crippen LogP contribution is -2.43. The normalized spacial score (nSPS) is 15.7. The molecule has 0 aromatic heterocycles. The van der Waals surface area contributed by atoms with Crippen molar-refractivity contribution in [1.82, 2.24) is 0 Å². The van der Waals surface area contributed by atoms with Crippen molar-refractivity contribution in [2.24, 2.45) is 0 Å². The van der Waals surface area contributed by atoms with E-state index in [0.717, 1.165) is 18.7 Å². The minimum Gasteiger partial charge on any atom is -0.378 e. The van der Waals surface area contributed by atoms with Gasteiger partial charge in [0.05, 0.1) is 18.9 Å². The summed E-state index contributed by atoms with van der Waals surface area (Å²) < 4.78 is 19.7. The van der Waals surface area contributed by atoms with Gasteiger partial charge in [0.2, 0.25) is 0 Å². The van der Waals surface area contributed by atoms with E-state index < -0.39 is 8.07 Å². The maximum atomic E-state index is 14.3. The summed E-state index contributed by atoms with van der Waals surface area (Å²) >= 11 is 0. The first-order valence-electron chi connectivity index (χ1n) is 9.44. The molecule has 0 radical (unpaired) electrons. The Morgan fingerprint density at radius 2 is 1.56 bits per heavy atom. The molecule has 138 valence electrons. The Bertz CT molecular complexity index is 617. The number of rotatable bonds is 4. The van der Waals surface area contributed by atoms with Crippen molar-refractivity contribution in [3.05, 3.63) is 29.6 Å². The van der Waals surface area contributed by atoms with Gasteiger partial charge < -0.3 is 9.64 Å². The van der Waals surface area contributed by atoms with Crippen LogP contribution in [0.15, 0.2) is 18.2 Å².